The second kappa shape index (κ2) is 10.4. The highest BCUT2D eigenvalue weighted by Gasteiger charge is 2.14. The number of hydrogen-bond donors (Lipinski definition) is 0. The topological polar surface area (TPSA) is 53.4 Å². The molecule has 0 saturated heterocycles. The lowest BCUT2D eigenvalue weighted by atomic mass is 10.1. The number of aryl methyl sites for hydroxylation is 2. The van der Waals surface area contributed by atoms with Crippen molar-refractivity contribution in [1.29, 1.82) is 0 Å². The van der Waals surface area contributed by atoms with Gasteiger partial charge in [-0.3, -0.25) is 4.79 Å². The predicted molar refractivity (Wildman–Crippen MR) is 128 cm³/mol. The molecule has 0 aliphatic rings. The van der Waals surface area contributed by atoms with Gasteiger partial charge in [-0.1, -0.05) is 65.9 Å². The molecule has 0 atom stereocenters. The molecule has 0 unspecified atom stereocenters. The van der Waals surface area contributed by atoms with Crippen molar-refractivity contribution in [2.45, 2.75) is 25.5 Å². The van der Waals surface area contributed by atoms with E-state index in [0.29, 0.717) is 13.2 Å². The van der Waals surface area contributed by atoms with E-state index in [1.165, 1.54) is 28.5 Å². The number of carbonyl (C=O) groups excluding carboxylic acids is 1. The average molecular weight is 447 g/mol. The Bertz CT molecular complexity index is 1200. The maximum atomic E-state index is 12.3. The molecule has 1 aromatic heterocycles. The summed E-state index contributed by atoms with van der Waals surface area (Å²) in [5, 5.41) is 0.808. The van der Waals surface area contributed by atoms with Crippen molar-refractivity contribution in [3.63, 3.8) is 0 Å². The van der Waals surface area contributed by atoms with Crippen LogP contribution in [0, 0.1) is 13.8 Å². The molecule has 0 N–H and O–H groups in total. The van der Waals surface area contributed by atoms with Crippen molar-refractivity contribution >= 4 is 28.8 Å². The zero-order valence-corrected chi connectivity index (χ0v) is 19.1. The number of ether oxygens (including phenoxy) is 2. The number of carbonyl (C=O) groups is 1. The van der Waals surface area contributed by atoms with Gasteiger partial charge in [0.2, 0.25) is 0 Å². The molecular weight excluding hydrogens is 420 g/mol. The van der Waals surface area contributed by atoms with E-state index in [4.69, 9.17) is 14.5 Å². The molecule has 0 aliphatic carbocycles. The molecule has 0 saturated carbocycles. The molecular formula is C26H26N2O3S. The average Bonchev–Trinajstić information content (AvgIpc) is 3.15. The minimum Gasteiger partial charge on any atom is -0.490 e. The molecule has 4 rings (SSSR count). The molecule has 164 valence electrons. The van der Waals surface area contributed by atoms with Crippen molar-refractivity contribution in [2.75, 3.05) is 19.0 Å². The van der Waals surface area contributed by atoms with Crippen LogP contribution in [-0.2, 0) is 16.1 Å². The molecule has 5 nitrogen and oxygen atoms in total. The van der Waals surface area contributed by atoms with Crippen molar-refractivity contribution in [3.8, 4) is 5.75 Å². The second-order valence-electron chi connectivity index (χ2n) is 7.57. The lowest BCUT2D eigenvalue weighted by Crippen LogP contribution is -2.14. The normalized spacial score (nSPS) is 10.9. The van der Waals surface area contributed by atoms with Gasteiger partial charge in [-0.25, -0.2) is 4.98 Å². The largest absolute Gasteiger partial charge is 0.490 e. The number of para-hydroxylation sites is 2. The lowest BCUT2D eigenvalue weighted by Gasteiger charge is -2.11. The minimum absolute atomic E-state index is 0.196. The van der Waals surface area contributed by atoms with E-state index in [0.717, 1.165) is 21.9 Å². The third kappa shape index (κ3) is 5.51. The molecule has 6 heteroatoms. The van der Waals surface area contributed by atoms with E-state index in [1.54, 1.807) is 0 Å². The third-order valence-electron chi connectivity index (χ3n) is 5.16. The van der Waals surface area contributed by atoms with Crippen LogP contribution >= 0.6 is 11.8 Å². The molecule has 0 spiro atoms. The van der Waals surface area contributed by atoms with Crippen LogP contribution in [-0.4, -0.2) is 34.5 Å². The fraction of sp³-hybridized carbons (Fsp3) is 0.231. The van der Waals surface area contributed by atoms with E-state index >= 15 is 0 Å². The second-order valence-corrected chi connectivity index (χ2v) is 8.51. The Morgan fingerprint density at radius 2 is 1.69 bits per heavy atom. The van der Waals surface area contributed by atoms with Crippen LogP contribution in [0.15, 0.2) is 78.0 Å². The standard InChI is InChI=1S/C26H26N2O3S/c1-19-11-13-22(14-12-19)30-15-16-31-25(29)18-32-26-27-23-9-5-6-10-24(23)28(26)17-21-8-4-3-7-20(21)2/h3-14H,15-18H2,1-2H3. The highest BCUT2D eigenvalue weighted by molar-refractivity contribution is 7.99. The fourth-order valence-corrected chi connectivity index (χ4v) is 4.20. The number of benzene rings is 3. The first-order chi connectivity index (χ1) is 15.6. The number of esters is 1. The maximum Gasteiger partial charge on any atom is 0.316 e. The van der Waals surface area contributed by atoms with Gasteiger partial charge >= 0.3 is 5.97 Å². The van der Waals surface area contributed by atoms with Crippen molar-refractivity contribution in [3.05, 3.63) is 89.5 Å². The quantitative estimate of drug-likeness (QED) is 0.195. The van der Waals surface area contributed by atoms with Crippen LogP contribution < -0.4 is 4.74 Å². The summed E-state index contributed by atoms with van der Waals surface area (Å²) < 4.78 is 13.1. The Kier molecular flexibility index (Phi) is 7.12. The van der Waals surface area contributed by atoms with Crippen molar-refractivity contribution in [1.82, 2.24) is 9.55 Å². The number of hydrogen-bond acceptors (Lipinski definition) is 5. The van der Waals surface area contributed by atoms with Gasteiger partial charge in [-0.05, 0) is 49.2 Å². The first-order valence-corrected chi connectivity index (χ1v) is 11.6. The number of fused-ring (bicyclic) bond motifs is 1. The Labute approximate surface area is 192 Å². The lowest BCUT2D eigenvalue weighted by molar-refractivity contribution is -0.141. The summed E-state index contributed by atoms with van der Waals surface area (Å²) in [6.07, 6.45) is 0. The van der Waals surface area contributed by atoms with Gasteiger partial charge in [-0.15, -0.1) is 0 Å². The van der Waals surface area contributed by atoms with Gasteiger partial charge in [0.25, 0.3) is 0 Å². The first kappa shape index (κ1) is 22.0. The summed E-state index contributed by atoms with van der Waals surface area (Å²) >= 11 is 1.40. The molecule has 0 fully saturated rings. The van der Waals surface area contributed by atoms with Gasteiger partial charge in [0.1, 0.15) is 19.0 Å². The van der Waals surface area contributed by atoms with E-state index in [-0.39, 0.29) is 18.3 Å². The summed E-state index contributed by atoms with van der Waals surface area (Å²) in [5.74, 6) is 0.685. The third-order valence-corrected chi connectivity index (χ3v) is 6.11. The van der Waals surface area contributed by atoms with Gasteiger partial charge in [-0.2, -0.15) is 0 Å². The van der Waals surface area contributed by atoms with Crippen LogP contribution in [0.5, 0.6) is 5.75 Å². The summed E-state index contributed by atoms with van der Waals surface area (Å²) in [7, 11) is 0. The number of rotatable bonds is 9. The minimum atomic E-state index is -0.281. The van der Waals surface area contributed by atoms with Crippen LogP contribution in [0.25, 0.3) is 11.0 Å². The van der Waals surface area contributed by atoms with Gasteiger partial charge < -0.3 is 14.0 Å². The van der Waals surface area contributed by atoms with E-state index in [1.807, 2.05) is 61.5 Å². The zero-order valence-electron chi connectivity index (χ0n) is 18.3. The summed E-state index contributed by atoms with van der Waals surface area (Å²) in [6.45, 7) is 5.38. The maximum absolute atomic E-state index is 12.3. The molecule has 0 radical (unpaired) electrons. The summed E-state index contributed by atoms with van der Waals surface area (Å²) in [4.78, 5) is 17.0. The monoisotopic (exact) mass is 446 g/mol. The molecule has 0 aliphatic heterocycles. The summed E-state index contributed by atoms with van der Waals surface area (Å²) in [5.41, 5.74) is 5.61. The number of nitrogens with zero attached hydrogens (tertiary/aromatic N) is 2. The SMILES string of the molecule is Cc1ccc(OCCOC(=O)CSc2nc3ccccc3n2Cc2ccccc2C)cc1. The Morgan fingerprint density at radius 1 is 0.938 bits per heavy atom. The number of thioether (sulfide) groups is 1. The Balaban J connectivity index is 1.35. The number of aromatic nitrogens is 2. The van der Waals surface area contributed by atoms with Crippen LogP contribution in [0.1, 0.15) is 16.7 Å². The smallest absolute Gasteiger partial charge is 0.316 e. The molecule has 4 aromatic rings. The zero-order chi connectivity index (χ0) is 22.3. The Hall–Kier alpha value is -3.25. The first-order valence-electron chi connectivity index (χ1n) is 10.6. The molecule has 3 aromatic carbocycles. The molecule has 0 bridgehead atoms. The highest BCUT2D eigenvalue weighted by atomic mass is 32.2. The van der Waals surface area contributed by atoms with Gasteiger partial charge in [0.05, 0.1) is 23.3 Å². The van der Waals surface area contributed by atoms with E-state index < -0.39 is 0 Å². The Morgan fingerprint density at radius 3 is 2.50 bits per heavy atom. The molecule has 0 amide bonds. The highest BCUT2D eigenvalue weighted by Crippen LogP contribution is 2.26. The van der Waals surface area contributed by atoms with Crippen molar-refractivity contribution < 1.29 is 14.3 Å². The summed E-state index contributed by atoms with van der Waals surface area (Å²) in [6, 6.07) is 24.2. The van der Waals surface area contributed by atoms with Crippen molar-refractivity contribution in [2.24, 2.45) is 0 Å². The van der Waals surface area contributed by atoms with E-state index in [2.05, 4.69) is 29.7 Å². The van der Waals surface area contributed by atoms with E-state index in [9.17, 15) is 4.79 Å². The van der Waals surface area contributed by atoms with Crippen LogP contribution in [0.4, 0.5) is 0 Å². The fourth-order valence-electron chi connectivity index (χ4n) is 3.39. The van der Waals surface area contributed by atoms with Crippen LogP contribution in [0.3, 0.4) is 0 Å². The number of imidazole rings is 1. The van der Waals surface area contributed by atoms with Gasteiger partial charge in [0, 0.05) is 0 Å². The molecule has 1 heterocycles. The van der Waals surface area contributed by atoms with Gasteiger partial charge in [0.15, 0.2) is 5.16 Å². The molecule has 32 heavy (non-hydrogen) atoms. The van der Waals surface area contributed by atoms with Crippen LogP contribution in [0.2, 0.25) is 0 Å². The predicted octanol–water partition coefficient (Wildman–Crippen LogP) is 5.42.